The molecule has 0 amide bonds. The Balaban J connectivity index is 2.75. The first-order valence-corrected chi connectivity index (χ1v) is 10.4. The van der Waals surface area contributed by atoms with Crippen LogP contribution >= 0.6 is 23.2 Å². The van der Waals surface area contributed by atoms with Crippen LogP contribution in [0.25, 0.3) is 12.2 Å². The van der Waals surface area contributed by atoms with E-state index in [1.54, 1.807) is 48.6 Å². The van der Waals surface area contributed by atoms with E-state index in [4.69, 9.17) is 23.2 Å². The molecule has 5 heteroatoms. The Labute approximate surface area is 171 Å². The quantitative estimate of drug-likeness (QED) is 0.472. The zero-order valence-corrected chi connectivity index (χ0v) is 17.5. The van der Waals surface area contributed by atoms with Crippen LogP contribution in [0.15, 0.2) is 82.6 Å². The van der Waals surface area contributed by atoms with Gasteiger partial charge in [-0.3, -0.25) is 0 Å². The van der Waals surface area contributed by atoms with Gasteiger partial charge in [-0.1, -0.05) is 83.9 Å². The van der Waals surface area contributed by atoms with E-state index < -0.39 is 9.84 Å². The molecule has 0 N–H and O–H groups in total. The zero-order chi connectivity index (χ0) is 20.2. The van der Waals surface area contributed by atoms with Crippen molar-refractivity contribution in [3.8, 4) is 0 Å². The number of allylic oxidation sites excluding steroid dienone is 4. The van der Waals surface area contributed by atoms with E-state index in [0.717, 1.165) is 11.1 Å². The summed E-state index contributed by atoms with van der Waals surface area (Å²) in [5.74, 6) is 0. The molecule has 2 aromatic carbocycles. The highest BCUT2D eigenvalue weighted by Gasteiger charge is 2.25. The molecule has 0 heterocycles. The van der Waals surface area contributed by atoms with E-state index in [9.17, 15) is 8.42 Å². The molecule has 0 saturated heterocycles. The smallest absolute Gasteiger partial charge is 0.207 e. The lowest BCUT2D eigenvalue weighted by Crippen LogP contribution is -2.07. The van der Waals surface area contributed by atoms with Crippen molar-refractivity contribution in [3.63, 3.8) is 0 Å². The second kappa shape index (κ2) is 8.75. The van der Waals surface area contributed by atoms with E-state index >= 15 is 0 Å². The lowest BCUT2D eigenvalue weighted by Gasteiger charge is -2.13. The summed E-state index contributed by atoms with van der Waals surface area (Å²) in [6.07, 6.45) is 6.76. The number of sulfone groups is 1. The van der Waals surface area contributed by atoms with Crippen molar-refractivity contribution in [2.45, 2.75) is 23.6 Å². The van der Waals surface area contributed by atoms with Gasteiger partial charge in [-0.2, -0.15) is 0 Å². The molecule has 0 radical (unpaired) electrons. The summed E-state index contributed by atoms with van der Waals surface area (Å²) in [4.78, 5) is 0.222. The first-order valence-electron chi connectivity index (χ1n) is 8.14. The highest BCUT2D eigenvalue weighted by Crippen LogP contribution is 2.34. The first kappa shape index (κ1) is 21.2. The van der Waals surface area contributed by atoms with E-state index in [0.29, 0.717) is 21.2 Å². The molecule has 140 valence electrons. The monoisotopic (exact) mass is 418 g/mol. The van der Waals surface area contributed by atoms with Gasteiger partial charge in [-0.25, -0.2) is 8.42 Å². The Morgan fingerprint density at radius 1 is 0.815 bits per heavy atom. The van der Waals surface area contributed by atoms with Crippen molar-refractivity contribution < 1.29 is 8.42 Å². The fourth-order valence-corrected chi connectivity index (χ4v) is 4.67. The molecule has 0 aromatic heterocycles. The lowest BCUT2D eigenvalue weighted by atomic mass is 10.2. The van der Waals surface area contributed by atoms with Crippen molar-refractivity contribution in [2.24, 2.45) is 0 Å². The van der Waals surface area contributed by atoms with Crippen molar-refractivity contribution in [3.05, 3.63) is 94.0 Å². The van der Waals surface area contributed by atoms with Gasteiger partial charge in [0, 0.05) is 21.2 Å². The van der Waals surface area contributed by atoms with E-state index in [1.807, 2.05) is 13.8 Å². The highest BCUT2D eigenvalue weighted by molar-refractivity contribution is 7.91. The summed E-state index contributed by atoms with van der Waals surface area (Å²) in [6.45, 7) is 11.2. The second-order valence-corrected chi connectivity index (χ2v) is 8.87. The largest absolute Gasteiger partial charge is 0.218 e. The third kappa shape index (κ3) is 5.01. The second-order valence-electron chi connectivity index (χ2n) is 6.17. The Hall–Kier alpha value is -2.07. The molecule has 2 nitrogen and oxygen atoms in total. The van der Waals surface area contributed by atoms with Gasteiger partial charge in [0.25, 0.3) is 0 Å². The van der Waals surface area contributed by atoms with E-state index in [1.165, 1.54) is 12.1 Å². The van der Waals surface area contributed by atoms with Crippen molar-refractivity contribution >= 4 is 45.2 Å². The summed E-state index contributed by atoms with van der Waals surface area (Å²) in [5, 5.41) is 0.685. The standard InChI is InChI=1S/C22H20Cl2O2S/c1-15(2)11-13-17-19(23)7-5-9-21(17)27(25,26)22-10-6-8-20(24)18(22)14-12-16(3)4/h5-14H,1,3H2,2,4H3. The van der Waals surface area contributed by atoms with Gasteiger partial charge in [0.05, 0.1) is 9.79 Å². The molecule has 0 fully saturated rings. The first-order chi connectivity index (χ1) is 12.6. The SMILES string of the molecule is C=C(C)C=Cc1c(Cl)cccc1S(=O)(=O)c1cccc(Cl)c1C=CC(=C)C. The van der Waals surface area contributed by atoms with Crippen LogP contribution in [0.3, 0.4) is 0 Å². The molecule has 0 aliphatic carbocycles. The highest BCUT2D eigenvalue weighted by atomic mass is 35.5. The predicted octanol–water partition coefficient (Wildman–Crippen LogP) is 7.00. The predicted molar refractivity (Wildman–Crippen MR) is 116 cm³/mol. The molecule has 0 bridgehead atoms. The average molecular weight is 419 g/mol. The van der Waals surface area contributed by atoms with E-state index in [2.05, 4.69) is 13.2 Å². The van der Waals surface area contributed by atoms with Gasteiger partial charge in [0.2, 0.25) is 9.84 Å². The third-order valence-corrected chi connectivity index (χ3v) is 6.20. The normalized spacial score (nSPS) is 12.0. The molecular weight excluding hydrogens is 399 g/mol. The molecule has 0 saturated carbocycles. The molecule has 0 aliphatic rings. The Bertz CT molecular complexity index is 982. The summed E-state index contributed by atoms with van der Waals surface area (Å²) in [6, 6.07) is 9.60. The molecular formula is C22H20Cl2O2S. The minimum Gasteiger partial charge on any atom is -0.218 e. The van der Waals surface area contributed by atoms with Crippen LogP contribution in [-0.4, -0.2) is 8.42 Å². The third-order valence-electron chi connectivity index (χ3n) is 3.67. The van der Waals surface area contributed by atoms with Gasteiger partial charge in [-0.15, -0.1) is 0 Å². The number of hydrogen-bond acceptors (Lipinski definition) is 2. The molecule has 0 spiro atoms. The van der Waals surface area contributed by atoms with Crippen LogP contribution in [0, 0.1) is 0 Å². The minimum atomic E-state index is -3.87. The summed E-state index contributed by atoms with van der Waals surface area (Å²) in [5.41, 5.74) is 2.39. The van der Waals surface area contributed by atoms with Crippen LogP contribution in [0.2, 0.25) is 10.0 Å². The van der Waals surface area contributed by atoms with Gasteiger partial charge in [0.1, 0.15) is 0 Å². The maximum atomic E-state index is 13.4. The number of benzene rings is 2. The Morgan fingerprint density at radius 3 is 1.52 bits per heavy atom. The number of halogens is 2. The molecule has 27 heavy (non-hydrogen) atoms. The summed E-state index contributed by atoms with van der Waals surface area (Å²) in [7, 11) is -3.87. The number of hydrogen-bond donors (Lipinski definition) is 0. The summed E-state index contributed by atoms with van der Waals surface area (Å²) < 4.78 is 26.9. The average Bonchev–Trinajstić information content (AvgIpc) is 2.58. The lowest BCUT2D eigenvalue weighted by molar-refractivity contribution is 0.596. The summed E-state index contributed by atoms with van der Waals surface area (Å²) >= 11 is 12.6. The van der Waals surface area contributed by atoms with Crippen molar-refractivity contribution in [2.75, 3.05) is 0 Å². The van der Waals surface area contributed by atoms with Crippen LogP contribution in [-0.2, 0) is 9.84 Å². The fraction of sp³-hybridized carbons (Fsp3) is 0.0909. The molecule has 2 aromatic rings. The minimum absolute atomic E-state index is 0.111. The molecule has 0 atom stereocenters. The molecule has 0 unspecified atom stereocenters. The topological polar surface area (TPSA) is 34.1 Å². The van der Waals surface area contributed by atoms with Gasteiger partial charge in [-0.05, 0) is 38.1 Å². The molecule has 2 rings (SSSR count). The van der Waals surface area contributed by atoms with Crippen molar-refractivity contribution in [1.29, 1.82) is 0 Å². The van der Waals surface area contributed by atoms with Gasteiger partial charge in [0.15, 0.2) is 0 Å². The zero-order valence-electron chi connectivity index (χ0n) is 15.2. The molecule has 0 aliphatic heterocycles. The van der Waals surface area contributed by atoms with E-state index in [-0.39, 0.29) is 9.79 Å². The maximum Gasteiger partial charge on any atom is 0.207 e. The van der Waals surface area contributed by atoms with Gasteiger partial charge >= 0.3 is 0 Å². The maximum absolute atomic E-state index is 13.4. The Morgan fingerprint density at radius 2 is 1.19 bits per heavy atom. The van der Waals surface area contributed by atoms with Crippen LogP contribution < -0.4 is 0 Å². The fourth-order valence-electron chi connectivity index (χ4n) is 2.40. The Kier molecular flexibility index (Phi) is 6.88. The van der Waals surface area contributed by atoms with Crippen LogP contribution in [0.4, 0.5) is 0 Å². The number of rotatable bonds is 6. The van der Waals surface area contributed by atoms with Crippen LogP contribution in [0.5, 0.6) is 0 Å². The van der Waals surface area contributed by atoms with Crippen LogP contribution in [0.1, 0.15) is 25.0 Å². The van der Waals surface area contributed by atoms with Crippen molar-refractivity contribution in [1.82, 2.24) is 0 Å². The van der Waals surface area contributed by atoms with Gasteiger partial charge < -0.3 is 0 Å².